The lowest BCUT2D eigenvalue weighted by Crippen LogP contribution is -2.44. The lowest BCUT2D eigenvalue weighted by Gasteiger charge is -2.22. The number of aliphatic hydroxyl groups is 1. The van der Waals surface area contributed by atoms with Crippen molar-refractivity contribution in [3.63, 3.8) is 0 Å². The first-order valence-electron chi connectivity index (χ1n) is 8.29. The molecule has 1 heterocycles. The van der Waals surface area contributed by atoms with Crippen LogP contribution >= 0.6 is 0 Å². The predicted octanol–water partition coefficient (Wildman–Crippen LogP) is 2.14. The van der Waals surface area contributed by atoms with Crippen LogP contribution in [0.5, 0.6) is 0 Å². The Morgan fingerprint density at radius 2 is 2.00 bits per heavy atom. The maximum Gasteiger partial charge on any atom is 0.315 e. The van der Waals surface area contributed by atoms with Crippen molar-refractivity contribution in [3.05, 3.63) is 53.9 Å². The number of urea groups is 1. The van der Waals surface area contributed by atoms with Crippen LogP contribution in [0.1, 0.15) is 31.4 Å². The van der Waals surface area contributed by atoms with Gasteiger partial charge in [-0.3, -0.25) is 4.68 Å². The molecule has 2 rings (SSSR count). The number of carbonyl (C=O) groups excluding carboxylic acids is 1. The number of amides is 2. The number of hydrogen-bond donors (Lipinski definition) is 3. The zero-order chi connectivity index (χ0) is 17.4. The Morgan fingerprint density at radius 3 is 2.62 bits per heavy atom. The van der Waals surface area contributed by atoms with Gasteiger partial charge in [0.2, 0.25) is 0 Å². The molecule has 0 radical (unpaired) electrons. The first-order chi connectivity index (χ1) is 11.6. The molecule has 0 fully saturated rings. The Labute approximate surface area is 142 Å². The summed E-state index contributed by atoms with van der Waals surface area (Å²) in [5.74, 6) is 0.273. The van der Waals surface area contributed by atoms with Crippen LogP contribution in [0, 0.1) is 5.92 Å². The number of aliphatic hydroxyl groups excluding tert-OH is 1. The van der Waals surface area contributed by atoms with Gasteiger partial charge < -0.3 is 15.7 Å². The molecule has 6 heteroatoms. The second-order valence-electron chi connectivity index (χ2n) is 6.16. The van der Waals surface area contributed by atoms with Crippen LogP contribution in [0.2, 0.25) is 0 Å². The molecule has 1 aromatic heterocycles. The summed E-state index contributed by atoms with van der Waals surface area (Å²) in [5.41, 5.74) is 2.18. The van der Waals surface area contributed by atoms with Crippen molar-refractivity contribution in [1.82, 2.24) is 20.4 Å². The van der Waals surface area contributed by atoms with Gasteiger partial charge in [0.1, 0.15) is 0 Å². The summed E-state index contributed by atoms with van der Waals surface area (Å²) >= 11 is 0. The molecule has 1 aromatic carbocycles. The molecule has 1 atom stereocenters. The van der Waals surface area contributed by atoms with Gasteiger partial charge in [0.05, 0.1) is 6.54 Å². The summed E-state index contributed by atoms with van der Waals surface area (Å²) in [6, 6.07) is 9.64. The highest BCUT2D eigenvalue weighted by Crippen LogP contribution is 2.10. The second-order valence-corrected chi connectivity index (χ2v) is 6.16. The van der Waals surface area contributed by atoms with E-state index in [4.69, 9.17) is 5.11 Å². The molecule has 2 aromatic rings. The largest absolute Gasteiger partial charge is 0.396 e. The summed E-state index contributed by atoms with van der Waals surface area (Å²) in [5, 5.41) is 19.1. The minimum Gasteiger partial charge on any atom is -0.396 e. The maximum absolute atomic E-state index is 12.1. The Morgan fingerprint density at radius 1 is 1.25 bits per heavy atom. The number of nitrogens with one attached hydrogen (secondary N) is 2. The van der Waals surface area contributed by atoms with E-state index in [-0.39, 0.29) is 24.6 Å². The number of aromatic nitrogens is 2. The van der Waals surface area contributed by atoms with E-state index in [0.717, 1.165) is 11.1 Å². The molecule has 0 aliphatic carbocycles. The third-order valence-corrected chi connectivity index (χ3v) is 4.01. The van der Waals surface area contributed by atoms with Gasteiger partial charge in [0, 0.05) is 31.6 Å². The van der Waals surface area contributed by atoms with Gasteiger partial charge in [-0.2, -0.15) is 5.10 Å². The molecule has 24 heavy (non-hydrogen) atoms. The van der Waals surface area contributed by atoms with Gasteiger partial charge in [-0.25, -0.2) is 4.79 Å². The quantitative estimate of drug-likeness (QED) is 0.694. The molecule has 0 aliphatic heterocycles. The van der Waals surface area contributed by atoms with E-state index in [2.05, 4.69) is 15.7 Å². The molecule has 3 N–H and O–H groups in total. The number of carbonyl (C=O) groups is 1. The molecule has 1 unspecified atom stereocenters. The van der Waals surface area contributed by atoms with Crippen molar-refractivity contribution in [2.75, 3.05) is 6.61 Å². The van der Waals surface area contributed by atoms with E-state index in [1.807, 2.05) is 55.1 Å². The maximum atomic E-state index is 12.1. The number of hydrogen-bond acceptors (Lipinski definition) is 3. The normalized spacial score (nSPS) is 12.2. The molecule has 0 aliphatic rings. The standard InChI is InChI=1S/C18H26N4O2/c1-14(2)17(8-11-23)21-18(24)19-12-15-6-3-4-7-16(15)13-22-10-5-9-20-22/h3-7,9-10,14,17,23H,8,11-13H2,1-2H3,(H2,19,21,24). The van der Waals surface area contributed by atoms with Crippen LogP contribution in [0.25, 0.3) is 0 Å². The van der Waals surface area contributed by atoms with Gasteiger partial charge in [-0.1, -0.05) is 38.1 Å². The Hall–Kier alpha value is -2.34. The molecule has 130 valence electrons. The minimum atomic E-state index is -0.212. The minimum absolute atomic E-state index is 0.0330. The third kappa shape index (κ3) is 5.38. The number of nitrogens with zero attached hydrogens (tertiary/aromatic N) is 2. The fraction of sp³-hybridized carbons (Fsp3) is 0.444. The van der Waals surface area contributed by atoms with Crippen LogP contribution in [-0.2, 0) is 13.1 Å². The summed E-state index contributed by atoms with van der Waals surface area (Å²) in [6.07, 6.45) is 4.22. The van der Waals surface area contributed by atoms with E-state index in [1.165, 1.54) is 0 Å². The molecule has 6 nitrogen and oxygen atoms in total. The Balaban J connectivity index is 1.93. The van der Waals surface area contributed by atoms with Crippen molar-refractivity contribution in [3.8, 4) is 0 Å². The molecule has 0 bridgehead atoms. The van der Waals surface area contributed by atoms with E-state index < -0.39 is 0 Å². The van der Waals surface area contributed by atoms with Crippen LogP contribution < -0.4 is 10.6 Å². The summed E-state index contributed by atoms with van der Waals surface area (Å²) in [4.78, 5) is 12.1. The SMILES string of the molecule is CC(C)C(CCO)NC(=O)NCc1ccccc1Cn1cccn1. The lowest BCUT2D eigenvalue weighted by molar-refractivity contribution is 0.218. The van der Waals surface area contributed by atoms with Crippen LogP contribution in [0.15, 0.2) is 42.7 Å². The van der Waals surface area contributed by atoms with Crippen molar-refractivity contribution >= 4 is 6.03 Å². The van der Waals surface area contributed by atoms with Crippen molar-refractivity contribution in [1.29, 1.82) is 0 Å². The Kier molecular flexibility index (Phi) is 6.81. The van der Waals surface area contributed by atoms with Gasteiger partial charge >= 0.3 is 6.03 Å². The number of benzene rings is 1. The fourth-order valence-electron chi connectivity index (χ4n) is 2.56. The van der Waals surface area contributed by atoms with Crippen LogP contribution in [-0.4, -0.2) is 33.6 Å². The summed E-state index contributed by atoms with van der Waals surface area (Å²) < 4.78 is 1.86. The first-order valence-corrected chi connectivity index (χ1v) is 8.29. The monoisotopic (exact) mass is 330 g/mol. The summed E-state index contributed by atoms with van der Waals surface area (Å²) in [7, 11) is 0. The smallest absolute Gasteiger partial charge is 0.315 e. The molecule has 0 spiro atoms. The van der Waals surface area contributed by atoms with Crippen molar-refractivity contribution in [2.45, 2.75) is 39.4 Å². The predicted molar refractivity (Wildman–Crippen MR) is 93.5 cm³/mol. The molecule has 0 saturated carbocycles. The van der Waals surface area contributed by atoms with Crippen LogP contribution in [0.3, 0.4) is 0 Å². The summed E-state index contributed by atoms with van der Waals surface area (Å²) in [6.45, 7) is 5.24. The zero-order valence-corrected chi connectivity index (χ0v) is 14.3. The average molecular weight is 330 g/mol. The molecule has 0 saturated heterocycles. The Bertz CT molecular complexity index is 626. The molecule has 2 amide bonds. The highest BCUT2D eigenvalue weighted by Gasteiger charge is 2.15. The topological polar surface area (TPSA) is 79.2 Å². The van der Waals surface area contributed by atoms with Crippen molar-refractivity contribution in [2.24, 2.45) is 5.92 Å². The van der Waals surface area contributed by atoms with Crippen molar-refractivity contribution < 1.29 is 9.90 Å². The van der Waals surface area contributed by atoms with E-state index in [0.29, 0.717) is 19.5 Å². The second kappa shape index (κ2) is 9.08. The third-order valence-electron chi connectivity index (χ3n) is 4.01. The zero-order valence-electron chi connectivity index (χ0n) is 14.3. The number of rotatable bonds is 8. The van der Waals surface area contributed by atoms with E-state index >= 15 is 0 Å². The highest BCUT2D eigenvalue weighted by atomic mass is 16.3. The van der Waals surface area contributed by atoms with Gasteiger partial charge in [0.25, 0.3) is 0 Å². The first kappa shape index (κ1) is 18.0. The van der Waals surface area contributed by atoms with E-state index in [1.54, 1.807) is 6.20 Å². The van der Waals surface area contributed by atoms with E-state index in [9.17, 15) is 4.79 Å². The van der Waals surface area contributed by atoms with Crippen LogP contribution in [0.4, 0.5) is 4.79 Å². The lowest BCUT2D eigenvalue weighted by atomic mass is 10.0. The average Bonchev–Trinajstić information content (AvgIpc) is 3.06. The highest BCUT2D eigenvalue weighted by molar-refractivity contribution is 5.74. The molecular weight excluding hydrogens is 304 g/mol. The van der Waals surface area contributed by atoms with Gasteiger partial charge in [-0.15, -0.1) is 0 Å². The van der Waals surface area contributed by atoms with Gasteiger partial charge in [0.15, 0.2) is 0 Å². The molecular formula is C18H26N4O2. The fourth-order valence-corrected chi connectivity index (χ4v) is 2.56. The van der Waals surface area contributed by atoms with Gasteiger partial charge in [-0.05, 0) is 29.5 Å².